The Morgan fingerprint density at radius 3 is 2.89 bits per heavy atom. The SMILES string of the molecule is Cc1c(F)cc2nc3c(c4c2c1CCC4NC(=O)CCC=O)Cn1c-3cc2c(c1=O)COC(=O)C2O. The van der Waals surface area contributed by atoms with E-state index in [0.29, 0.717) is 41.6 Å². The number of benzene rings is 1. The predicted molar refractivity (Wildman–Crippen MR) is 124 cm³/mol. The van der Waals surface area contributed by atoms with Crippen LogP contribution in [-0.4, -0.2) is 32.8 Å². The van der Waals surface area contributed by atoms with Crippen LogP contribution >= 0.6 is 0 Å². The van der Waals surface area contributed by atoms with Crippen molar-refractivity contribution in [3.8, 4) is 11.4 Å². The number of cyclic esters (lactones) is 1. The van der Waals surface area contributed by atoms with Crippen molar-refractivity contribution in [1.82, 2.24) is 14.9 Å². The molecule has 184 valence electrons. The van der Waals surface area contributed by atoms with Gasteiger partial charge in [0.05, 0.1) is 35.1 Å². The fraction of sp³-hybridized carbons (Fsp3) is 0.346. The molecule has 2 atom stereocenters. The van der Waals surface area contributed by atoms with Crippen molar-refractivity contribution < 1.29 is 28.6 Å². The lowest BCUT2D eigenvalue weighted by molar-refractivity contribution is -0.157. The number of hydrogen-bond acceptors (Lipinski definition) is 7. The molecular formula is C26H22FN3O6. The Balaban J connectivity index is 1.59. The molecule has 3 aliphatic rings. The van der Waals surface area contributed by atoms with E-state index in [1.807, 2.05) is 0 Å². The van der Waals surface area contributed by atoms with Crippen LogP contribution < -0.4 is 10.9 Å². The molecule has 2 aliphatic heterocycles. The summed E-state index contributed by atoms with van der Waals surface area (Å²) in [6, 6.07) is 2.53. The standard InChI is InChI=1S/C26H22FN3O6/c1-11-12-4-5-17(28-20(32)3-2-6-31)22-14-9-30-19(23(14)29-18(21(12)22)8-16(11)27)7-13-15(25(30)34)10-36-26(35)24(13)33/h6-8,17,24,33H,2-5,9-10H2,1H3,(H,28,32). The third-order valence-electron chi connectivity index (χ3n) is 7.47. The second-order valence-electron chi connectivity index (χ2n) is 9.44. The van der Waals surface area contributed by atoms with Gasteiger partial charge in [-0.1, -0.05) is 0 Å². The maximum absolute atomic E-state index is 14.8. The molecular weight excluding hydrogens is 469 g/mol. The molecule has 2 N–H and O–H groups in total. The number of ether oxygens (including phenoxy) is 1. The monoisotopic (exact) mass is 491 g/mol. The number of pyridine rings is 2. The van der Waals surface area contributed by atoms with Gasteiger partial charge in [-0.05, 0) is 42.5 Å². The first-order chi connectivity index (χ1) is 17.3. The van der Waals surface area contributed by atoms with Gasteiger partial charge in [-0.15, -0.1) is 0 Å². The van der Waals surface area contributed by atoms with Crippen LogP contribution in [0.15, 0.2) is 16.9 Å². The Hall–Kier alpha value is -3.92. The minimum atomic E-state index is -1.58. The van der Waals surface area contributed by atoms with Gasteiger partial charge >= 0.3 is 5.97 Å². The van der Waals surface area contributed by atoms with Gasteiger partial charge in [0.1, 0.15) is 18.7 Å². The molecule has 1 aromatic carbocycles. The summed E-state index contributed by atoms with van der Waals surface area (Å²) in [6.45, 7) is 1.67. The Kier molecular flexibility index (Phi) is 5.04. The number of fused-ring (bicyclic) bond motifs is 5. The van der Waals surface area contributed by atoms with Gasteiger partial charge in [-0.25, -0.2) is 14.2 Å². The third-order valence-corrected chi connectivity index (χ3v) is 7.47. The number of carbonyl (C=O) groups excluding carboxylic acids is 3. The summed E-state index contributed by atoms with van der Waals surface area (Å²) in [7, 11) is 0. The number of aliphatic hydroxyl groups is 1. The summed E-state index contributed by atoms with van der Waals surface area (Å²) in [6.07, 6.45) is 0.352. The van der Waals surface area contributed by atoms with E-state index in [-0.39, 0.29) is 48.8 Å². The van der Waals surface area contributed by atoms with Gasteiger partial charge in [0.15, 0.2) is 6.10 Å². The van der Waals surface area contributed by atoms with Gasteiger partial charge in [0, 0.05) is 35.4 Å². The first-order valence-corrected chi connectivity index (χ1v) is 11.8. The van der Waals surface area contributed by atoms with E-state index in [9.17, 15) is 28.7 Å². The maximum Gasteiger partial charge on any atom is 0.340 e. The molecule has 0 radical (unpaired) electrons. The molecule has 0 bridgehead atoms. The third kappa shape index (κ3) is 3.13. The molecule has 0 spiro atoms. The fourth-order valence-corrected chi connectivity index (χ4v) is 5.70. The lowest BCUT2D eigenvalue weighted by atomic mass is 9.81. The van der Waals surface area contributed by atoms with Gasteiger partial charge < -0.3 is 24.5 Å². The molecule has 2 unspecified atom stereocenters. The summed E-state index contributed by atoms with van der Waals surface area (Å²) in [5, 5.41) is 14.1. The van der Waals surface area contributed by atoms with Crippen LogP contribution in [-0.2, 0) is 38.7 Å². The first-order valence-electron chi connectivity index (χ1n) is 11.8. The predicted octanol–water partition coefficient (Wildman–Crippen LogP) is 2.05. The van der Waals surface area contributed by atoms with Gasteiger partial charge in [-0.2, -0.15) is 0 Å². The van der Waals surface area contributed by atoms with Crippen LogP contribution in [0.25, 0.3) is 22.3 Å². The maximum atomic E-state index is 14.8. The van der Waals surface area contributed by atoms with Crippen molar-refractivity contribution in [2.75, 3.05) is 0 Å². The zero-order chi connectivity index (χ0) is 25.3. The number of hydrogen-bond donors (Lipinski definition) is 2. The smallest absolute Gasteiger partial charge is 0.340 e. The first kappa shape index (κ1) is 22.5. The number of aromatic nitrogens is 2. The fourth-order valence-electron chi connectivity index (χ4n) is 5.70. The average molecular weight is 491 g/mol. The number of nitrogens with zero attached hydrogens (tertiary/aromatic N) is 2. The normalized spacial score (nSPS) is 19.4. The second-order valence-corrected chi connectivity index (χ2v) is 9.44. The molecule has 4 heterocycles. The lowest BCUT2D eigenvalue weighted by Crippen LogP contribution is -2.33. The van der Waals surface area contributed by atoms with E-state index < -0.39 is 23.7 Å². The Bertz CT molecular complexity index is 1580. The van der Waals surface area contributed by atoms with Gasteiger partial charge in [0.2, 0.25) is 5.91 Å². The van der Waals surface area contributed by atoms with Gasteiger partial charge in [-0.3, -0.25) is 9.59 Å². The Morgan fingerprint density at radius 1 is 1.31 bits per heavy atom. The molecule has 1 aliphatic carbocycles. The average Bonchev–Trinajstić information content (AvgIpc) is 3.23. The number of aliphatic hydroxyl groups excluding tert-OH is 1. The molecule has 2 aromatic heterocycles. The molecule has 1 amide bonds. The summed E-state index contributed by atoms with van der Waals surface area (Å²) in [4.78, 5) is 53.3. The van der Waals surface area contributed by atoms with Crippen LogP contribution in [0.2, 0.25) is 0 Å². The Morgan fingerprint density at radius 2 is 2.11 bits per heavy atom. The molecule has 0 saturated carbocycles. The summed E-state index contributed by atoms with van der Waals surface area (Å²) < 4.78 is 21.3. The van der Waals surface area contributed by atoms with Crippen molar-refractivity contribution >= 4 is 29.1 Å². The van der Waals surface area contributed by atoms with Crippen LogP contribution in [0.4, 0.5) is 4.39 Å². The molecule has 3 aromatic rings. The van der Waals surface area contributed by atoms with Crippen LogP contribution in [0, 0.1) is 12.7 Å². The van der Waals surface area contributed by atoms with Gasteiger partial charge in [0.25, 0.3) is 5.56 Å². The molecule has 0 saturated heterocycles. The number of aryl methyl sites for hydroxylation is 1. The van der Waals surface area contributed by atoms with Crippen LogP contribution in [0.5, 0.6) is 0 Å². The van der Waals surface area contributed by atoms with Crippen molar-refractivity contribution in [3.05, 3.63) is 61.7 Å². The number of aldehydes is 1. The van der Waals surface area contributed by atoms with E-state index in [4.69, 9.17) is 9.72 Å². The topological polar surface area (TPSA) is 128 Å². The minimum absolute atomic E-state index is 0.0596. The quantitative estimate of drug-likeness (QED) is 0.330. The molecule has 9 nitrogen and oxygen atoms in total. The summed E-state index contributed by atoms with van der Waals surface area (Å²) in [5.74, 6) is -1.48. The highest BCUT2D eigenvalue weighted by molar-refractivity contribution is 5.93. The van der Waals surface area contributed by atoms with Crippen molar-refractivity contribution in [2.24, 2.45) is 0 Å². The highest BCUT2D eigenvalue weighted by atomic mass is 19.1. The van der Waals surface area contributed by atoms with E-state index in [0.717, 1.165) is 22.1 Å². The lowest BCUT2D eigenvalue weighted by Gasteiger charge is -2.29. The summed E-state index contributed by atoms with van der Waals surface area (Å²) in [5.41, 5.74) is 4.14. The summed E-state index contributed by atoms with van der Waals surface area (Å²) >= 11 is 0. The largest absolute Gasteiger partial charge is 0.458 e. The highest BCUT2D eigenvalue weighted by Gasteiger charge is 2.37. The number of carbonyl (C=O) groups is 3. The molecule has 0 fully saturated rings. The molecule has 36 heavy (non-hydrogen) atoms. The van der Waals surface area contributed by atoms with Crippen molar-refractivity contribution in [3.63, 3.8) is 0 Å². The Labute approximate surface area is 203 Å². The highest BCUT2D eigenvalue weighted by Crippen LogP contribution is 2.45. The number of halogens is 1. The zero-order valence-electron chi connectivity index (χ0n) is 19.4. The van der Waals surface area contributed by atoms with E-state index in [1.54, 1.807) is 13.0 Å². The van der Waals surface area contributed by atoms with E-state index in [2.05, 4.69) is 5.32 Å². The minimum Gasteiger partial charge on any atom is -0.458 e. The van der Waals surface area contributed by atoms with Crippen LogP contribution in [0.1, 0.15) is 64.8 Å². The molecule has 10 heteroatoms. The van der Waals surface area contributed by atoms with E-state index in [1.165, 1.54) is 10.6 Å². The number of amides is 1. The number of rotatable bonds is 4. The zero-order valence-corrected chi connectivity index (χ0v) is 19.4. The number of nitrogens with one attached hydrogen (secondary N) is 1. The van der Waals surface area contributed by atoms with Crippen molar-refractivity contribution in [1.29, 1.82) is 0 Å². The van der Waals surface area contributed by atoms with E-state index >= 15 is 0 Å². The second kappa shape index (κ2) is 8.06. The molecule has 6 rings (SSSR count). The van der Waals surface area contributed by atoms with Crippen molar-refractivity contribution in [2.45, 2.75) is 57.9 Å². The van der Waals surface area contributed by atoms with Crippen LogP contribution in [0.3, 0.4) is 0 Å². The number of esters is 1.